The average Bonchev–Trinajstić information content (AvgIpc) is 2.91. The summed E-state index contributed by atoms with van der Waals surface area (Å²) in [6.45, 7) is 0.186. The zero-order valence-corrected chi connectivity index (χ0v) is 13.2. The number of hydrogen-bond acceptors (Lipinski definition) is 6. The van der Waals surface area contributed by atoms with E-state index < -0.39 is 10.0 Å². The van der Waals surface area contributed by atoms with E-state index in [1.54, 1.807) is 6.07 Å². The highest BCUT2D eigenvalue weighted by Gasteiger charge is 2.18. The van der Waals surface area contributed by atoms with Crippen LogP contribution < -0.4 is 5.73 Å². The number of nitrogens with zero attached hydrogens (tertiary/aromatic N) is 3. The van der Waals surface area contributed by atoms with Gasteiger partial charge in [0.15, 0.2) is 0 Å². The molecular formula is C12H17N5O2S2. The third kappa shape index (κ3) is 4.73. The van der Waals surface area contributed by atoms with Gasteiger partial charge in [-0.3, -0.25) is 5.10 Å². The van der Waals surface area contributed by atoms with Gasteiger partial charge in [0.2, 0.25) is 10.0 Å². The summed E-state index contributed by atoms with van der Waals surface area (Å²) in [7, 11) is -1.79. The molecular weight excluding hydrogens is 310 g/mol. The molecule has 2 rings (SSSR count). The summed E-state index contributed by atoms with van der Waals surface area (Å²) in [5.41, 5.74) is 6.36. The van der Waals surface area contributed by atoms with E-state index in [0.29, 0.717) is 17.3 Å². The number of sulfonamides is 1. The quantitative estimate of drug-likeness (QED) is 0.579. The zero-order valence-electron chi connectivity index (χ0n) is 11.6. The van der Waals surface area contributed by atoms with Gasteiger partial charge in [0.25, 0.3) is 0 Å². The monoisotopic (exact) mass is 327 g/mol. The predicted molar refractivity (Wildman–Crippen MR) is 83.2 cm³/mol. The maximum absolute atomic E-state index is 12.1. The van der Waals surface area contributed by atoms with E-state index >= 15 is 0 Å². The van der Waals surface area contributed by atoms with Crippen LogP contribution in [0.4, 0.5) is 5.69 Å². The maximum Gasteiger partial charge on any atom is 0.215 e. The number of rotatable bonds is 7. The van der Waals surface area contributed by atoms with Crippen molar-refractivity contribution >= 4 is 27.5 Å². The molecule has 0 fully saturated rings. The predicted octanol–water partition coefficient (Wildman–Crippen LogP) is 0.941. The van der Waals surface area contributed by atoms with E-state index in [0.717, 1.165) is 4.90 Å². The standard InChI is InChI=1S/C12H17N5O2S2/c1-17(8-12-14-9-15-16-12)21(18,19)6-5-20-11-4-2-3-10(13)7-11/h2-4,7,9H,5-6,8,13H2,1H3,(H,14,15,16). The molecule has 0 bridgehead atoms. The van der Waals surface area contributed by atoms with Gasteiger partial charge in [-0.1, -0.05) is 6.07 Å². The van der Waals surface area contributed by atoms with Crippen LogP contribution in [0.1, 0.15) is 5.82 Å². The molecule has 0 aliphatic heterocycles. The number of aromatic nitrogens is 3. The van der Waals surface area contributed by atoms with Crippen LogP contribution in [0.25, 0.3) is 0 Å². The molecule has 7 nitrogen and oxygen atoms in total. The lowest BCUT2D eigenvalue weighted by molar-refractivity contribution is 0.458. The number of thioether (sulfide) groups is 1. The first-order valence-electron chi connectivity index (χ1n) is 6.24. The third-order valence-electron chi connectivity index (χ3n) is 2.78. The molecule has 9 heteroatoms. The van der Waals surface area contributed by atoms with E-state index in [1.807, 2.05) is 18.2 Å². The number of H-pyrrole nitrogens is 1. The fourth-order valence-electron chi connectivity index (χ4n) is 1.64. The van der Waals surface area contributed by atoms with E-state index in [2.05, 4.69) is 15.2 Å². The highest BCUT2D eigenvalue weighted by atomic mass is 32.2. The summed E-state index contributed by atoms with van der Waals surface area (Å²) in [4.78, 5) is 4.88. The van der Waals surface area contributed by atoms with Crippen LogP contribution in [0.15, 0.2) is 35.5 Å². The Morgan fingerprint density at radius 2 is 2.24 bits per heavy atom. The van der Waals surface area contributed by atoms with Crippen molar-refractivity contribution in [3.8, 4) is 0 Å². The van der Waals surface area contributed by atoms with Gasteiger partial charge in [-0.05, 0) is 18.2 Å². The smallest absolute Gasteiger partial charge is 0.215 e. The molecule has 0 saturated carbocycles. The van der Waals surface area contributed by atoms with Gasteiger partial charge < -0.3 is 5.73 Å². The topological polar surface area (TPSA) is 105 Å². The number of nitrogen functional groups attached to an aromatic ring is 1. The lowest BCUT2D eigenvalue weighted by Gasteiger charge is -2.15. The summed E-state index contributed by atoms with van der Waals surface area (Å²) >= 11 is 1.47. The van der Waals surface area contributed by atoms with Crippen molar-refractivity contribution in [2.75, 3.05) is 24.3 Å². The maximum atomic E-state index is 12.1. The highest BCUT2D eigenvalue weighted by Crippen LogP contribution is 2.20. The van der Waals surface area contributed by atoms with Gasteiger partial charge in [-0.15, -0.1) is 11.8 Å². The lowest BCUT2D eigenvalue weighted by Crippen LogP contribution is -2.30. The van der Waals surface area contributed by atoms with Gasteiger partial charge in [0.1, 0.15) is 12.2 Å². The summed E-state index contributed by atoms with van der Waals surface area (Å²) < 4.78 is 25.6. The first-order chi connectivity index (χ1) is 9.97. The molecule has 0 amide bonds. The van der Waals surface area contributed by atoms with Crippen LogP contribution in [0.2, 0.25) is 0 Å². The number of benzene rings is 1. The summed E-state index contributed by atoms with van der Waals surface area (Å²) in [6.07, 6.45) is 1.35. The zero-order chi connectivity index (χ0) is 15.3. The Bertz CT molecular complexity index is 673. The molecule has 0 spiro atoms. The van der Waals surface area contributed by atoms with Crippen LogP contribution in [0, 0.1) is 0 Å². The Hall–Kier alpha value is -1.58. The summed E-state index contributed by atoms with van der Waals surface area (Å²) in [5, 5.41) is 6.34. The van der Waals surface area contributed by atoms with E-state index in [4.69, 9.17) is 5.73 Å². The Labute approximate surface area is 128 Å². The normalized spacial score (nSPS) is 11.9. The van der Waals surface area contributed by atoms with Crippen LogP contribution in [-0.2, 0) is 16.6 Å². The van der Waals surface area contributed by atoms with Crippen molar-refractivity contribution in [3.63, 3.8) is 0 Å². The van der Waals surface area contributed by atoms with Crippen LogP contribution >= 0.6 is 11.8 Å². The number of aromatic amines is 1. The minimum Gasteiger partial charge on any atom is -0.399 e. The Kier molecular flexibility index (Phi) is 5.21. The second kappa shape index (κ2) is 6.92. The van der Waals surface area contributed by atoms with Crippen LogP contribution in [0.5, 0.6) is 0 Å². The average molecular weight is 327 g/mol. The molecule has 1 aromatic carbocycles. The van der Waals surface area contributed by atoms with E-state index in [-0.39, 0.29) is 12.3 Å². The minimum absolute atomic E-state index is 0.0527. The minimum atomic E-state index is -3.32. The number of anilines is 1. The Morgan fingerprint density at radius 1 is 1.43 bits per heavy atom. The van der Waals surface area contributed by atoms with Crippen molar-refractivity contribution in [1.82, 2.24) is 19.5 Å². The number of nitrogens with one attached hydrogen (secondary N) is 1. The molecule has 0 aliphatic carbocycles. The largest absolute Gasteiger partial charge is 0.399 e. The molecule has 0 aliphatic rings. The van der Waals surface area contributed by atoms with E-state index in [9.17, 15) is 8.42 Å². The van der Waals surface area contributed by atoms with Crippen LogP contribution in [0.3, 0.4) is 0 Å². The molecule has 0 atom stereocenters. The molecule has 0 unspecified atom stereocenters. The van der Waals surface area contributed by atoms with E-state index in [1.165, 1.54) is 29.4 Å². The van der Waals surface area contributed by atoms with Crippen molar-refractivity contribution < 1.29 is 8.42 Å². The number of hydrogen-bond donors (Lipinski definition) is 2. The van der Waals surface area contributed by atoms with Crippen molar-refractivity contribution in [1.29, 1.82) is 0 Å². The third-order valence-corrected chi connectivity index (χ3v) is 5.83. The molecule has 3 N–H and O–H groups in total. The lowest BCUT2D eigenvalue weighted by atomic mass is 10.3. The molecule has 1 heterocycles. The first-order valence-corrected chi connectivity index (χ1v) is 8.83. The van der Waals surface area contributed by atoms with Gasteiger partial charge in [-0.2, -0.15) is 9.40 Å². The summed E-state index contributed by atoms with van der Waals surface area (Å²) in [6, 6.07) is 7.38. The van der Waals surface area contributed by atoms with Crippen molar-refractivity contribution in [2.24, 2.45) is 0 Å². The molecule has 1 aromatic heterocycles. The summed E-state index contributed by atoms with van der Waals surface area (Å²) in [5.74, 6) is 1.04. The van der Waals surface area contributed by atoms with Gasteiger partial charge in [0, 0.05) is 23.4 Å². The highest BCUT2D eigenvalue weighted by molar-refractivity contribution is 8.00. The Morgan fingerprint density at radius 3 is 2.90 bits per heavy atom. The molecule has 0 saturated heterocycles. The fraction of sp³-hybridized carbons (Fsp3) is 0.333. The van der Waals surface area contributed by atoms with Gasteiger partial charge >= 0.3 is 0 Å². The first kappa shape index (κ1) is 15.8. The van der Waals surface area contributed by atoms with Crippen molar-refractivity contribution in [2.45, 2.75) is 11.4 Å². The molecule has 21 heavy (non-hydrogen) atoms. The Balaban J connectivity index is 1.86. The van der Waals surface area contributed by atoms with Gasteiger partial charge in [-0.25, -0.2) is 13.4 Å². The SMILES string of the molecule is CN(Cc1ncn[nH]1)S(=O)(=O)CCSc1cccc(N)c1. The second-order valence-corrected chi connectivity index (χ2v) is 7.79. The van der Waals surface area contributed by atoms with Crippen molar-refractivity contribution in [3.05, 3.63) is 36.4 Å². The second-order valence-electron chi connectivity index (χ2n) is 4.43. The molecule has 0 radical (unpaired) electrons. The fourth-order valence-corrected chi connectivity index (χ4v) is 4.08. The molecule has 2 aromatic rings. The number of nitrogens with two attached hydrogens (primary N) is 1. The van der Waals surface area contributed by atoms with Gasteiger partial charge in [0.05, 0.1) is 12.3 Å². The van der Waals surface area contributed by atoms with Crippen LogP contribution in [-0.4, -0.2) is 46.5 Å². The molecule has 114 valence electrons.